The average molecular weight is 276 g/mol. The van der Waals surface area contributed by atoms with Gasteiger partial charge in [-0.2, -0.15) is 0 Å². The summed E-state index contributed by atoms with van der Waals surface area (Å²) >= 11 is 0. The largest absolute Gasteiger partial charge is 0.456 e. The van der Waals surface area contributed by atoms with Gasteiger partial charge in [-0.25, -0.2) is 0 Å². The van der Waals surface area contributed by atoms with Crippen molar-refractivity contribution >= 4 is 17.9 Å². The van der Waals surface area contributed by atoms with Crippen LogP contribution in [0.3, 0.4) is 0 Å². The van der Waals surface area contributed by atoms with Crippen LogP contribution in [0.4, 0.5) is 0 Å². The van der Waals surface area contributed by atoms with Gasteiger partial charge in [0.1, 0.15) is 0 Å². The first-order valence-corrected chi connectivity index (χ1v) is 5.62. The number of carbonyl (C=O) groups excluding carboxylic acids is 3. The van der Waals surface area contributed by atoms with Crippen molar-refractivity contribution in [3.63, 3.8) is 0 Å². The molecule has 1 rings (SSSR count). The van der Waals surface area contributed by atoms with Gasteiger partial charge in [0.05, 0.1) is 6.61 Å². The lowest BCUT2D eigenvalue weighted by molar-refractivity contribution is -0.267. The molecule has 108 valence electrons. The molecule has 8 nitrogen and oxygen atoms in total. The van der Waals surface area contributed by atoms with E-state index in [0.717, 1.165) is 13.8 Å². The number of rotatable bonds is 3. The number of hydrogen-bond donors (Lipinski definition) is 1. The molecule has 1 heterocycles. The van der Waals surface area contributed by atoms with Gasteiger partial charge >= 0.3 is 17.9 Å². The third-order valence-corrected chi connectivity index (χ3v) is 2.32. The molecule has 0 saturated carbocycles. The number of ether oxygens (including phenoxy) is 4. The minimum absolute atomic E-state index is 0.170. The Hall–Kier alpha value is -1.67. The third kappa shape index (κ3) is 4.49. The van der Waals surface area contributed by atoms with Crippen molar-refractivity contribution in [2.24, 2.45) is 0 Å². The standard InChI is InChI=1S/C11H16O8/c1-5(12)17-8-4-16-11(15)10(19-7(3)14)9(8)18-6(2)13/h8-11,15H,4H2,1-3H3/t8?,9-,10?,11?/m0/s1. The van der Waals surface area contributed by atoms with Crippen LogP contribution >= 0.6 is 0 Å². The Labute approximate surface area is 109 Å². The highest BCUT2D eigenvalue weighted by atomic mass is 16.7. The van der Waals surface area contributed by atoms with Crippen molar-refractivity contribution in [1.29, 1.82) is 0 Å². The van der Waals surface area contributed by atoms with Crippen LogP contribution in [0.1, 0.15) is 20.8 Å². The molecule has 3 unspecified atom stereocenters. The second-order valence-electron chi connectivity index (χ2n) is 4.02. The molecular formula is C11H16O8. The van der Waals surface area contributed by atoms with Gasteiger partial charge in [-0.1, -0.05) is 0 Å². The molecule has 1 aliphatic heterocycles. The maximum Gasteiger partial charge on any atom is 0.303 e. The summed E-state index contributed by atoms with van der Waals surface area (Å²) in [6.07, 6.45) is -4.78. The topological polar surface area (TPSA) is 108 Å². The zero-order chi connectivity index (χ0) is 14.6. The Balaban J connectivity index is 2.89. The van der Waals surface area contributed by atoms with E-state index in [9.17, 15) is 19.5 Å². The second-order valence-corrected chi connectivity index (χ2v) is 4.02. The van der Waals surface area contributed by atoms with Crippen LogP contribution in [0.2, 0.25) is 0 Å². The van der Waals surface area contributed by atoms with Crippen LogP contribution in [0, 0.1) is 0 Å². The maximum absolute atomic E-state index is 11.1. The summed E-state index contributed by atoms with van der Waals surface area (Å²) < 4.78 is 19.6. The van der Waals surface area contributed by atoms with Crippen molar-refractivity contribution in [2.45, 2.75) is 45.4 Å². The van der Waals surface area contributed by atoms with Crippen molar-refractivity contribution in [2.75, 3.05) is 6.61 Å². The average Bonchev–Trinajstić information content (AvgIpc) is 2.25. The molecule has 0 spiro atoms. The summed E-state index contributed by atoms with van der Waals surface area (Å²) in [6, 6.07) is 0. The van der Waals surface area contributed by atoms with E-state index in [0.29, 0.717) is 0 Å². The molecule has 0 aromatic carbocycles. The summed E-state index contributed by atoms with van der Waals surface area (Å²) in [7, 11) is 0. The van der Waals surface area contributed by atoms with Gasteiger partial charge in [0, 0.05) is 20.8 Å². The smallest absolute Gasteiger partial charge is 0.303 e. The minimum Gasteiger partial charge on any atom is -0.456 e. The molecule has 1 fully saturated rings. The highest BCUT2D eigenvalue weighted by molar-refractivity contribution is 5.68. The molecule has 8 heteroatoms. The number of esters is 3. The fourth-order valence-electron chi connectivity index (χ4n) is 1.72. The normalized spacial score (nSPS) is 30.3. The highest BCUT2D eigenvalue weighted by Gasteiger charge is 2.46. The first kappa shape index (κ1) is 15.4. The second kappa shape index (κ2) is 6.48. The summed E-state index contributed by atoms with van der Waals surface area (Å²) in [5.41, 5.74) is 0. The lowest BCUT2D eigenvalue weighted by atomic mass is 10.0. The summed E-state index contributed by atoms with van der Waals surface area (Å²) in [5, 5.41) is 9.62. The van der Waals surface area contributed by atoms with Crippen LogP contribution in [-0.4, -0.2) is 54.2 Å². The molecule has 4 atom stereocenters. The van der Waals surface area contributed by atoms with E-state index in [-0.39, 0.29) is 6.61 Å². The van der Waals surface area contributed by atoms with Crippen LogP contribution in [-0.2, 0) is 33.3 Å². The van der Waals surface area contributed by atoms with Crippen LogP contribution in [0.5, 0.6) is 0 Å². The number of hydrogen-bond acceptors (Lipinski definition) is 8. The number of aliphatic hydroxyl groups excluding tert-OH is 1. The molecule has 19 heavy (non-hydrogen) atoms. The zero-order valence-corrected chi connectivity index (χ0v) is 10.8. The van der Waals surface area contributed by atoms with Gasteiger partial charge in [-0.05, 0) is 0 Å². The van der Waals surface area contributed by atoms with E-state index in [2.05, 4.69) is 0 Å². The Bertz CT molecular complexity index is 366. The predicted molar refractivity (Wildman–Crippen MR) is 58.6 cm³/mol. The molecular weight excluding hydrogens is 260 g/mol. The number of aliphatic hydroxyl groups is 1. The third-order valence-electron chi connectivity index (χ3n) is 2.32. The Morgan fingerprint density at radius 1 is 0.947 bits per heavy atom. The van der Waals surface area contributed by atoms with E-state index in [1.54, 1.807) is 0 Å². The quantitative estimate of drug-likeness (QED) is 0.523. The van der Waals surface area contributed by atoms with Crippen molar-refractivity contribution < 1.29 is 38.4 Å². The van der Waals surface area contributed by atoms with E-state index in [1.807, 2.05) is 0 Å². The fourth-order valence-corrected chi connectivity index (χ4v) is 1.72. The summed E-state index contributed by atoms with van der Waals surface area (Å²) in [4.78, 5) is 33.0. The van der Waals surface area contributed by atoms with E-state index >= 15 is 0 Å². The zero-order valence-electron chi connectivity index (χ0n) is 10.8. The van der Waals surface area contributed by atoms with Gasteiger partial charge in [-0.15, -0.1) is 0 Å². The van der Waals surface area contributed by atoms with E-state index in [4.69, 9.17) is 18.9 Å². The lowest BCUT2D eigenvalue weighted by Crippen LogP contribution is -2.57. The van der Waals surface area contributed by atoms with Gasteiger partial charge < -0.3 is 24.1 Å². The monoisotopic (exact) mass is 276 g/mol. The molecule has 1 saturated heterocycles. The van der Waals surface area contributed by atoms with Crippen LogP contribution < -0.4 is 0 Å². The highest BCUT2D eigenvalue weighted by Crippen LogP contribution is 2.23. The summed E-state index contributed by atoms with van der Waals surface area (Å²) in [5.74, 6) is -1.95. The first-order valence-electron chi connectivity index (χ1n) is 5.62. The molecule has 0 aliphatic carbocycles. The van der Waals surface area contributed by atoms with Crippen LogP contribution in [0.15, 0.2) is 0 Å². The Kier molecular flexibility index (Phi) is 5.25. The number of carbonyl (C=O) groups is 3. The molecule has 0 aromatic heterocycles. The molecule has 0 bridgehead atoms. The van der Waals surface area contributed by atoms with E-state index in [1.165, 1.54) is 6.92 Å². The van der Waals surface area contributed by atoms with Crippen molar-refractivity contribution in [3.8, 4) is 0 Å². The van der Waals surface area contributed by atoms with Crippen LogP contribution in [0.25, 0.3) is 0 Å². The molecule has 0 amide bonds. The predicted octanol–water partition coefficient (Wildman–Crippen LogP) is -0.870. The Morgan fingerprint density at radius 3 is 1.89 bits per heavy atom. The molecule has 1 N–H and O–H groups in total. The van der Waals surface area contributed by atoms with Gasteiger partial charge in [0.2, 0.25) is 0 Å². The van der Waals surface area contributed by atoms with Gasteiger partial charge in [0.15, 0.2) is 24.6 Å². The minimum atomic E-state index is -1.46. The fraction of sp³-hybridized carbons (Fsp3) is 0.727. The molecule has 0 aromatic rings. The maximum atomic E-state index is 11.1. The molecule has 1 aliphatic rings. The molecule has 0 radical (unpaired) electrons. The van der Waals surface area contributed by atoms with E-state index < -0.39 is 42.5 Å². The van der Waals surface area contributed by atoms with Crippen molar-refractivity contribution in [1.82, 2.24) is 0 Å². The Morgan fingerprint density at radius 2 is 1.42 bits per heavy atom. The van der Waals surface area contributed by atoms with Gasteiger partial charge in [0.25, 0.3) is 0 Å². The first-order chi connectivity index (χ1) is 8.81. The van der Waals surface area contributed by atoms with Gasteiger partial charge in [-0.3, -0.25) is 14.4 Å². The SMILES string of the molecule is CC(=O)OC1COC(O)C(OC(C)=O)[C@H]1OC(C)=O. The van der Waals surface area contributed by atoms with Crippen molar-refractivity contribution in [3.05, 3.63) is 0 Å². The summed E-state index contributed by atoms with van der Waals surface area (Å²) in [6.45, 7) is 3.29. The lowest BCUT2D eigenvalue weighted by Gasteiger charge is -2.38.